The zero-order valence-corrected chi connectivity index (χ0v) is 32.1. The Bertz CT molecular complexity index is 1660. The predicted molar refractivity (Wildman–Crippen MR) is 198 cm³/mol. The van der Waals surface area contributed by atoms with E-state index in [9.17, 15) is 58.2 Å². The number of carbonyl (C=O) groups is 10. The quantitative estimate of drug-likeness (QED) is 0.0461. The first kappa shape index (κ1) is 49.6. The minimum absolute atomic E-state index is 0.0861. The summed E-state index contributed by atoms with van der Waals surface area (Å²) in [6, 6.07) is -5.57. The third kappa shape index (κ3) is 17.6. The zero-order chi connectivity index (χ0) is 44.3. The van der Waals surface area contributed by atoms with E-state index in [-0.39, 0.29) is 25.0 Å². The maximum Gasteiger partial charge on any atom is 0.328 e. The highest BCUT2D eigenvalue weighted by atomic mass is 16.4. The van der Waals surface area contributed by atoms with Crippen molar-refractivity contribution < 1.29 is 73.5 Å². The van der Waals surface area contributed by atoms with Gasteiger partial charge in [0.1, 0.15) is 48.0 Å². The van der Waals surface area contributed by atoms with E-state index in [1.54, 1.807) is 0 Å². The lowest BCUT2D eigenvalue weighted by molar-refractivity contribution is -0.143. The van der Waals surface area contributed by atoms with Crippen LogP contribution >= 0.6 is 0 Å². The minimum atomic E-state index is -1.71. The number of nitrogens with two attached hydrogens (primary N) is 1. The smallest absolute Gasteiger partial charge is 0.328 e. The highest BCUT2D eigenvalue weighted by Crippen LogP contribution is 2.12. The topological polar surface area (TPSA) is 394 Å². The van der Waals surface area contributed by atoms with Gasteiger partial charge in [-0.1, -0.05) is 12.1 Å². The summed E-state index contributed by atoms with van der Waals surface area (Å²) < 4.78 is 0. The molecule has 24 heteroatoms. The number of hydrogen-bond acceptors (Lipinski definition) is 14. The summed E-state index contributed by atoms with van der Waals surface area (Å²) in [5.41, 5.74) is 6.04. The molecule has 1 aromatic carbocycles. The summed E-state index contributed by atoms with van der Waals surface area (Å²) in [5.74, 6) is -10.0. The van der Waals surface area contributed by atoms with Gasteiger partial charge in [-0.25, -0.2) is 4.79 Å². The largest absolute Gasteiger partial charge is 0.508 e. The van der Waals surface area contributed by atoms with Crippen molar-refractivity contribution in [2.45, 2.75) is 95.3 Å². The molecule has 0 fully saturated rings. The molecule has 1 aromatic rings. The average Bonchev–Trinajstić information content (AvgIpc) is 3.16. The van der Waals surface area contributed by atoms with E-state index in [4.69, 9.17) is 21.1 Å². The summed E-state index contributed by atoms with van der Waals surface area (Å²) in [7, 11) is 0. The first-order chi connectivity index (χ1) is 27.1. The SMILES string of the molecule is C[C@H](NC(=O)CNC(=O)[C@@H](N)CCC(=O)O)C(=O)N[C@@H](C)C(=O)N[C@@H](Cc1ccc(O)cc1)C(=O)N[C@@H](C)C(=O)N[C@@H](C)C(=O)N[C@@H](CO)C(=O)N[C@@H](CO)C(=O)O. The van der Waals surface area contributed by atoms with Crippen LogP contribution in [0.5, 0.6) is 5.75 Å². The highest BCUT2D eigenvalue weighted by Gasteiger charge is 2.31. The third-order valence-electron chi connectivity index (χ3n) is 8.08. The van der Waals surface area contributed by atoms with Crippen LogP contribution in [0.25, 0.3) is 0 Å². The maximum absolute atomic E-state index is 13.4. The van der Waals surface area contributed by atoms with Crippen LogP contribution in [0.4, 0.5) is 0 Å². The van der Waals surface area contributed by atoms with Crippen LogP contribution in [0.15, 0.2) is 24.3 Å². The molecule has 0 aliphatic carbocycles. The molecule has 0 aromatic heterocycles. The molecule has 58 heavy (non-hydrogen) atoms. The van der Waals surface area contributed by atoms with E-state index in [2.05, 4.69) is 37.2 Å². The monoisotopic (exact) mass is 825 g/mol. The Morgan fingerprint density at radius 3 is 1.45 bits per heavy atom. The van der Waals surface area contributed by atoms with Crippen molar-refractivity contribution in [3.8, 4) is 5.75 Å². The van der Waals surface area contributed by atoms with Gasteiger partial charge in [-0.05, 0) is 51.8 Å². The first-order valence-corrected chi connectivity index (χ1v) is 17.7. The van der Waals surface area contributed by atoms with Crippen LogP contribution in [-0.4, -0.2) is 153 Å². The Hall–Kier alpha value is -6.40. The summed E-state index contributed by atoms with van der Waals surface area (Å²) in [5, 5.41) is 64.1. The lowest BCUT2D eigenvalue weighted by atomic mass is 10.0. The molecule has 0 saturated carbocycles. The molecule has 322 valence electrons. The van der Waals surface area contributed by atoms with E-state index in [1.165, 1.54) is 52.0 Å². The summed E-state index contributed by atoms with van der Waals surface area (Å²) >= 11 is 0. The summed E-state index contributed by atoms with van der Waals surface area (Å²) in [6.45, 7) is 2.50. The molecule has 0 heterocycles. The van der Waals surface area contributed by atoms with Gasteiger partial charge in [0.25, 0.3) is 0 Å². The van der Waals surface area contributed by atoms with Gasteiger partial charge in [0.15, 0.2) is 0 Å². The van der Waals surface area contributed by atoms with E-state index in [0.29, 0.717) is 5.56 Å². The van der Waals surface area contributed by atoms with Crippen molar-refractivity contribution in [3.63, 3.8) is 0 Å². The molecule has 0 unspecified atom stereocenters. The summed E-state index contributed by atoms with van der Waals surface area (Å²) in [6.07, 6.45) is -0.705. The van der Waals surface area contributed by atoms with E-state index >= 15 is 0 Å². The molecule has 8 atom stereocenters. The molecule has 8 amide bonds. The Labute approximate surface area is 331 Å². The van der Waals surface area contributed by atoms with Gasteiger partial charge in [-0.2, -0.15) is 0 Å². The average molecular weight is 826 g/mol. The van der Waals surface area contributed by atoms with Crippen molar-refractivity contribution in [2.24, 2.45) is 5.73 Å². The van der Waals surface area contributed by atoms with Gasteiger partial charge in [-0.3, -0.25) is 43.2 Å². The van der Waals surface area contributed by atoms with Gasteiger partial charge >= 0.3 is 11.9 Å². The molecule has 0 radical (unpaired) electrons. The van der Waals surface area contributed by atoms with Crippen molar-refractivity contribution in [1.29, 1.82) is 0 Å². The zero-order valence-electron chi connectivity index (χ0n) is 32.1. The number of benzene rings is 1. The molecule has 15 N–H and O–H groups in total. The van der Waals surface area contributed by atoms with Crippen LogP contribution < -0.4 is 48.3 Å². The number of phenols is 1. The fraction of sp³-hybridized carbons (Fsp3) is 0.529. The Balaban J connectivity index is 2.89. The normalized spacial score (nSPS) is 14.9. The molecule has 1 rings (SSSR count). The molecule has 0 spiro atoms. The molecule has 24 nitrogen and oxygen atoms in total. The Kier molecular flexibility index (Phi) is 20.8. The third-order valence-corrected chi connectivity index (χ3v) is 8.08. The van der Waals surface area contributed by atoms with Crippen LogP contribution in [-0.2, 0) is 54.4 Å². The van der Waals surface area contributed by atoms with E-state index in [1.807, 2.05) is 5.32 Å². The number of aliphatic hydroxyl groups excluding tert-OH is 2. The maximum atomic E-state index is 13.4. The van der Waals surface area contributed by atoms with Crippen molar-refractivity contribution >= 4 is 59.2 Å². The van der Waals surface area contributed by atoms with E-state index in [0.717, 1.165) is 0 Å². The molecular formula is C34H51N9O15. The fourth-order valence-corrected chi connectivity index (χ4v) is 4.58. The number of phenolic OH excluding ortho intramolecular Hbond substituents is 1. The number of rotatable bonds is 24. The highest BCUT2D eigenvalue weighted by molar-refractivity contribution is 5.97. The van der Waals surface area contributed by atoms with Crippen LogP contribution in [0.3, 0.4) is 0 Å². The Morgan fingerprint density at radius 1 is 0.569 bits per heavy atom. The Morgan fingerprint density at radius 2 is 0.983 bits per heavy atom. The van der Waals surface area contributed by atoms with Gasteiger partial charge in [-0.15, -0.1) is 0 Å². The number of aromatic hydroxyl groups is 1. The van der Waals surface area contributed by atoms with E-state index < -0.39 is 127 Å². The fourth-order valence-electron chi connectivity index (χ4n) is 4.58. The van der Waals surface area contributed by atoms with Gasteiger partial charge < -0.3 is 73.8 Å². The molecular weight excluding hydrogens is 774 g/mol. The number of nitrogens with one attached hydrogen (secondary N) is 8. The number of carboxylic acid groups (broad SMARTS) is 2. The number of carboxylic acids is 2. The molecule has 0 aliphatic rings. The van der Waals surface area contributed by atoms with Crippen molar-refractivity contribution in [3.05, 3.63) is 29.8 Å². The van der Waals surface area contributed by atoms with Crippen molar-refractivity contribution in [2.75, 3.05) is 19.8 Å². The molecule has 0 saturated heterocycles. The number of amides is 8. The van der Waals surface area contributed by atoms with Crippen LogP contribution in [0, 0.1) is 0 Å². The number of hydrogen-bond donors (Lipinski definition) is 14. The molecule has 0 bridgehead atoms. The second-order valence-electron chi connectivity index (χ2n) is 13.0. The lowest BCUT2D eigenvalue weighted by Crippen LogP contribution is -2.59. The van der Waals surface area contributed by atoms with Gasteiger partial charge in [0, 0.05) is 12.8 Å². The second kappa shape index (κ2) is 24.3. The number of aliphatic carboxylic acids is 2. The lowest BCUT2D eigenvalue weighted by Gasteiger charge is -2.25. The number of aliphatic hydroxyl groups is 2. The molecule has 0 aliphatic heterocycles. The first-order valence-electron chi connectivity index (χ1n) is 17.7. The van der Waals surface area contributed by atoms with Crippen LogP contribution in [0.2, 0.25) is 0 Å². The summed E-state index contributed by atoms with van der Waals surface area (Å²) in [4.78, 5) is 123. The minimum Gasteiger partial charge on any atom is -0.508 e. The standard InChI is InChI=1S/C34H51N9O15/c1-15(37-25(47)12-36-31(54)21(35)9-10-26(48)49)27(50)38-17(3)29(52)41-22(11-19-5-7-20(46)8-6-19)32(55)40-16(2)28(51)39-18(4)30(53)42-23(13-44)33(56)43-24(14-45)34(57)58/h5-8,15-18,21-24,44-46H,9-14,35H2,1-4H3,(H,36,54)(H,37,47)(H,38,50)(H,39,51)(H,40,55)(H,41,52)(H,42,53)(H,43,56)(H,48,49)(H,57,58)/t15-,16-,17-,18-,21-,22-,23-,24-/m0/s1. The van der Waals surface area contributed by atoms with Gasteiger partial charge in [0.2, 0.25) is 47.3 Å². The predicted octanol–water partition coefficient (Wildman–Crippen LogP) is -6.21. The van der Waals surface area contributed by atoms with Crippen molar-refractivity contribution in [1.82, 2.24) is 42.5 Å². The van der Waals surface area contributed by atoms with Gasteiger partial charge in [0.05, 0.1) is 25.8 Å². The van der Waals surface area contributed by atoms with Crippen LogP contribution in [0.1, 0.15) is 46.1 Å². The number of carbonyl (C=O) groups excluding carboxylic acids is 8. The second-order valence-corrected chi connectivity index (χ2v) is 13.0.